The van der Waals surface area contributed by atoms with Crippen LogP contribution in [0.25, 0.3) is 4.91 Å². The van der Waals surface area contributed by atoms with Gasteiger partial charge in [0.15, 0.2) is 0 Å². The van der Waals surface area contributed by atoms with Gasteiger partial charge in [-0.15, -0.1) is 0 Å². The van der Waals surface area contributed by atoms with E-state index in [1.165, 1.54) is 0 Å². The van der Waals surface area contributed by atoms with E-state index < -0.39 is 10.0 Å². The van der Waals surface area contributed by atoms with E-state index in [0.29, 0.717) is 28.4 Å². The molecule has 2 aromatic rings. The summed E-state index contributed by atoms with van der Waals surface area (Å²) < 4.78 is 27.2. The first-order valence-corrected chi connectivity index (χ1v) is 8.44. The molecule has 0 saturated heterocycles. The third-order valence-electron chi connectivity index (χ3n) is 3.49. The van der Waals surface area contributed by atoms with Crippen molar-refractivity contribution >= 4 is 20.8 Å². The van der Waals surface area contributed by atoms with Crippen molar-refractivity contribution in [2.75, 3.05) is 0 Å². The van der Waals surface area contributed by atoms with Gasteiger partial charge in [-0.05, 0) is 18.1 Å². The van der Waals surface area contributed by atoms with Gasteiger partial charge >= 0.3 is 0 Å². The molecule has 0 atom stereocenters. The van der Waals surface area contributed by atoms with E-state index in [4.69, 9.17) is 0 Å². The second kappa shape index (κ2) is 5.77. The highest BCUT2D eigenvalue weighted by molar-refractivity contribution is 8.00. The summed E-state index contributed by atoms with van der Waals surface area (Å²) in [6.07, 6.45) is 0. The summed E-state index contributed by atoms with van der Waals surface area (Å²) in [5.74, 6) is 0.419. The lowest BCUT2D eigenvalue weighted by Gasteiger charge is -2.02. The van der Waals surface area contributed by atoms with Crippen molar-refractivity contribution in [2.24, 2.45) is 4.99 Å². The SMILES string of the molecule is CC1=C(c2ccccc2)S(=O)(=O)NC1=NCc1ccccc1. The summed E-state index contributed by atoms with van der Waals surface area (Å²) in [4.78, 5) is 4.72. The minimum Gasteiger partial charge on any atom is -0.263 e. The van der Waals surface area contributed by atoms with Gasteiger partial charge in [0.05, 0.1) is 6.54 Å². The van der Waals surface area contributed by atoms with Crippen LogP contribution in [0.1, 0.15) is 18.1 Å². The molecule has 112 valence electrons. The van der Waals surface area contributed by atoms with Crippen molar-refractivity contribution < 1.29 is 8.42 Å². The maximum Gasteiger partial charge on any atom is 0.264 e. The van der Waals surface area contributed by atoms with Crippen molar-refractivity contribution in [3.05, 3.63) is 77.4 Å². The van der Waals surface area contributed by atoms with E-state index >= 15 is 0 Å². The third-order valence-corrected chi connectivity index (χ3v) is 5.04. The van der Waals surface area contributed by atoms with Gasteiger partial charge < -0.3 is 0 Å². The van der Waals surface area contributed by atoms with E-state index in [1.54, 1.807) is 19.1 Å². The molecule has 0 radical (unpaired) electrons. The zero-order chi connectivity index (χ0) is 15.6. The standard InChI is InChI=1S/C17H16N2O2S/c1-13-16(15-10-6-3-7-11-15)22(20,21)19-17(13)18-12-14-8-4-2-5-9-14/h2-11H,12H2,1H3,(H,18,19). The van der Waals surface area contributed by atoms with Crippen LogP contribution in [0.5, 0.6) is 0 Å². The van der Waals surface area contributed by atoms with Crippen molar-refractivity contribution in [1.82, 2.24) is 4.72 Å². The smallest absolute Gasteiger partial charge is 0.263 e. The fourth-order valence-corrected chi connectivity index (χ4v) is 3.95. The average Bonchev–Trinajstić information content (AvgIpc) is 2.76. The molecule has 4 nitrogen and oxygen atoms in total. The van der Waals surface area contributed by atoms with Crippen molar-refractivity contribution in [2.45, 2.75) is 13.5 Å². The van der Waals surface area contributed by atoms with Crippen molar-refractivity contribution in [3.63, 3.8) is 0 Å². The Labute approximate surface area is 130 Å². The van der Waals surface area contributed by atoms with Crippen LogP contribution in [-0.2, 0) is 16.6 Å². The summed E-state index contributed by atoms with van der Waals surface area (Å²) >= 11 is 0. The number of rotatable bonds is 3. The van der Waals surface area contributed by atoms with E-state index in [1.807, 2.05) is 48.5 Å². The summed E-state index contributed by atoms with van der Waals surface area (Å²) in [5.41, 5.74) is 2.37. The maximum atomic E-state index is 12.3. The van der Waals surface area contributed by atoms with E-state index in [0.717, 1.165) is 5.56 Å². The Morgan fingerprint density at radius 1 is 0.955 bits per heavy atom. The highest BCUT2D eigenvalue weighted by atomic mass is 32.2. The molecule has 0 aromatic heterocycles. The molecule has 0 saturated carbocycles. The monoisotopic (exact) mass is 312 g/mol. The number of hydrogen-bond acceptors (Lipinski definition) is 3. The molecule has 1 N–H and O–H groups in total. The van der Waals surface area contributed by atoms with Crippen LogP contribution in [0.2, 0.25) is 0 Å². The van der Waals surface area contributed by atoms with Crippen LogP contribution in [-0.4, -0.2) is 14.3 Å². The van der Waals surface area contributed by atoms with Crippen LogP contribution in [0, 0.1) is 0 Å². The molecule has 1 aliphatic rings. The van der Waals surface area contributed by atoms with Gasteiger partial charge in [0.25, 0.3) is 10.0 Å². The topological polar surface area (TPSA) is 58.5 Å². The van der Waals surface area contributed by atoms with E-state index in [-0.39, 0.29) is 0 Å². The largest absolute Gasteiger partial charge is 0.264 e. The Balaban J connectivity index is 1.97. The number of nitrogens with zero attached hydrogens (tertiary/aromatic N) is 1. The van der Waals surface area contributed by atoms with Crippen molar-refractivity contribution in [3.8, 4) is 0 Å². The van der Waals surface area contributed by atoms with Gasteiger partial charge in [-0.2, -0.15) is 0 Å². The Hall–Kier alpha value is -2.40. The fourth-order valence-electron chi connectivity index (χ4n) is 2.43. The minimum absolute atomic E-state index is 0.305. The molecule has 3 rings (SSSR count). The van der Waals surface area contributed by atoms with Gasteiger partial charge in [0.1, 0.15) is 10.7 Å². The first-order chi connectivity index (χ1) is 10.6. The van der Waals surface area contributed by atoms with Crippen LogP contribution >= 0.6 is 0 Å². The van der Waals surface area contributed by atoms with Crippen LogP contribution in [0.4, 0.5) is 0 Å². The molecule has 2 aromatic carbocycles. The summed E-state index contributed by atoms with van der Waals surface area (Å²) in [5, 5.41) is 0. The maximum absolute atomic E-state index is 12.3. The third kappa shape index (κ3) is 2.80. The number of nitrogens with one attached hydrogen (secondary N) is 1. The zero-order valence-corrected chi connectivity index (χ0v) is 13.0. The summed E-state index contributed by atoms with van der Waals surface area (Å²) in [6.45, 7) is 2.22. The first kappa shape index (κ1) is 14.5. The molecule has 0 unspecified atom stereocenters. The predicted octanol–water partition coefficient (Wildman–Crippen LogP) is 2.95. The fraction of sp³-hybridized carbons (Fsp3) is 0.118. The van der Waals surface area contributed by atoms with Crippen LogP contribution < -0.4 is 4.72 Å². The summed E-state index contributed by atoms with van der Waals surface area (Å²) in [6, 6.07) is 18.8. The van der Waals surface area contributed by atoms with E-state index in [9.17, 15) is 8.42 Å². The Morgan fingerprint density at radius 2 is 1.55 bits per heavy atom. The molecular formula is C17H16N2O2S. The number of sulfonamides is 1. The molecule has 0 spiro atoms. The van der Waals surface area contributed by atoms with Gasteiger partial charge in [-0.25, -0.2) is 8.42 Å². The Morgan fingerprint density at radius 3 is 2.18 bits per heavy atom. The average molecular weight is 312 g/mol. The predicted molar refractivity (Wildman–Crippen MR) is 88.7 cm³/mol. The van der Waals surface area contributed by atoms with Crippen LogP contribution in [0.3, 0.4) is 0 Å². The molecule has 0 fully saturated rings. The normalized spacial score (nSPS) is 18.5. The second-order valence-electron chi connectivity index (χ2n) is 5.08. The number of amidine groups is 1. The van der Waals surface area contributed by atoms with Gasteiger partial charge in [-0.3, -0.25) is 9.71 Å². The molecule has 1 heterocycles. The van der Waals surface area contributed by atoms with Gasteiger partial charge in [0, 0.05) is 5.57 Å². The molecule has 22 heavy (non-hydrogen) atoms. The molecule has 0 aliphatic carbocycles. The first-order valence-electron chi connectivity index (χ1n) is 6.96. The highest BCUT2D eigenvalue weighted by Crippen LogP contribution is 2.29. The second-order valence-corrected chi connectivity index (χ2v) is 6.70. The number of aliphatic imine (C=N–C) groups is 1. The van der Waals surface area contributed by atoms with Crippen LogP contribution in [0.15, 0.2) is 71.2 Å². The Bertz CT molecular complexity index is 839. The van der Waals surface area contributed by atoms with Crippen molar-refractivity contribution in [1.29, 1.82) is 0 Å². The zero-order valence-electron chi connectivity index (χ0n) is 12.2. The molecular weight excluding hydrogens is 296 g/mol. The minimum atomic E-state index is -3.54. The lowest BCUT2D eigenvalue weighted by molar-refractivity contribution is 0.603. The highest BCUT2D eigenvalue weighted by Gasteiger charge is 2.32. The Kier molecular flexibility index (Phi) is 3.81. The molecule has 0 bridgehead atoms. The lowest BCUT2D eigenvalue weighted by atomic mass is 10.1. The molecule has 5 heteroatoms. The van der Waals surface area contributed by atoms with Gasteiger partial charge in [-0.1, -0.05) is 60.7 Å². The lowest BCUT2D eigenvalue weighted by Crippen LogP contribution is -2.23. The number of hydrogen-bond donors (Lipinski definition) is 1. The van der Waals surface area contributed by atoms with Gasteiger partial charge in [0.2, 0.25) is 0 Å². The summed E-state index contributed by atoms with van der Waals surface area (Å²) in [7, 11) is -3.54. The molecule has 1 aliphatic heterocycles. The quantitative estimate of drug-likeness (QED) is 0.947. The molecule has 0 amide bonds. The number of benzene rings is 2. The van der Waals surface area contributed by atoms with E-state index in [2.05, 4.69) is 9.71 Å².